The van der Waals surface area contributed by atoms with E-state index < -0.39 is 0 Å². The van der Waals surface area contributed by atoms with Crippen LogP contribution in [0.4, 0.5) is 5.13 Å². The summed E-state index contributed by atoms with van der Waals surface area (Å²) in [6.45, 7) is 7.61. The van der Waals surface area contributed by atoms with Gasteiger partial charge in [-0.05, 0) is 25.9 Å². The van der Waals surface area contributed by atoms with Gasteiger partial charge in [-0.25, -0.2) is 5.84 Å². The monoisotopic (exact) mass is 257 g/mol. The molecule has 1 rings (SSSR count). The highest BCUT2D eigenvalue weighted by Gasteiger charge is 2.09. The summed E-state index contributed by atoms with van der Waals surface area (Å²) in [5, 5.41) is 9.80. The Kier molecular flexibility index (Phi) is 7.07. The summed E-state index contributed by atoms with van der Waals surface area (Å²) in [6.07, 6.45) is 4.94. The molecule has 0 spiro atoms. The number of unbranched alkanes of at least 4 members (excludes halogenated alkanes) is 2. The van der Waals surface area contributed by atoms with E-state index in [9.17, 15) is 0 Å². The van der Waals surface area contributed by atoms with Crippen LogP contribution in [0, 0.1) is 0 Å². The summed E-state index contributed by atoms with van der Waals surface area (Å²) in [6, 6.07) is 0. The lowest BCUT2D eigenvalue weighted by atomic mass is 10.2. The number of nitrogens with one attached hydrogen (secondary N) is 1. The van der Waals surface area contributed by atoms with Crippen LogP contribution < -0.4 is 11.3 Å². The van der Waals surface area contributed by atoms with E-state index in [-0.39, 0.29) is 0 Å². The molecule has 0 atom stereocenters. The first-order valence-corrected chi connectivity index (χ1v) is 7.13. The molecular weight excluding hydrogens is 234 g/mol. The van der Waals surface area contributed by atoms with Crippen LogP contribution >= 0.6 is 11.3 Å². The van der Waals surface area contributed by atoms with E-state index in [4.69, 9.17) is 5.84 Å². The van der Waals surface area contributed by atoms with Crippen LogP contribution in [-0.2, 0) is 6.54 Å². The largest absolute Gasteiger partial charge is 0.298 e. The molecule has 0 unspecified atom stereocenters. The van der Waals surface area contributed by atoms with Crippen molar-refractivity contribution in [3.63, 3.8) is 0 Å². The minimum atomic E-state index is 0.686. The Labute approximate surface area is 107 Å². The molecule has 0 saturated carbocycles. The third-order valence-electron chi connectivity index (χ3n) is 2.60. The maximum absolute atomic E-state index is 5.30. The van der Waals surface area contributed by atoms with E-state index >= 15 is 0 Å². The lowest BCUT2D eigenvalue weighted by molar-refractivity contribution is 0.256. The third-order valence-corrected chi connectivity index (χ3v) is 3.44. The maximum Gasteiger partial charge on any atom is 0.219 e. The Morgan fingerprint density at radius 1 is 1.18 bits per heavy atom. The molecule has 0 aliphatic heterocycles. The van der Waals surface area contributed by atoms with Crippen molar-refractivity contribution in [2.24, 2.45) is 5.84 Å². The molecule has 6 heteroatoms. The summed E-state index contributed by atoms with van der Waals surface area (Å²) in [5.74, 6) is 5.30. The van der Waals surface area contributed by atoms with Gasteiger partial charge < -0.3 is 0 Å². The number of anilines is 1. The van der Waals surface area contributed by atoms with Gasteiger partial charge in [0.15, 0.2) is 0 Å². The molecular formula is C11H23N5S. The van der Waals surface area contributed by atoms with Crippen molar-refractivity contribution in [3.05, 3.63) is 5.01 Å². The first-order chi connectivity index (χ1) is 8.30. The lowest BCUT2D eigenvalue weighted by Crippen LogP contribution is -2.25. The van der Waals surface area contributed by atoms with E-state index in [1.165, 1.54) is 37.0 Å². The van der Waals surface area contributed by atoms with Crippen molar-refractivity contribution in [3.8, 4) is 0 Å². The molecule has 0 aromatic carbocycles. The molecule has 0 amide bonds. The summed E-state index contributed by atoms with van der Waals surface area (Å²) in [7, 11) is 0. The van der Waals surface area contributed by atoms with Crippen molar-refractivity contribution in [1.82, 2.24) is 15.1 Å². The molecule has 1 aromatic heterocycles. The highest BCUT2D eigenvalue weighted by molar-refractivity contribution is 7.15. The van der Waals surface area contributed by atoms with Crippen LogP contribution in [0.25, 0.3) is 0 Å². The predicted octanol–water partition coefficient (Wildman–Crippen LogP) is 2.23. The summed E-state index contributed by atoms with van der Waals surface area (Å²) >= 11 is 1.53. The Morgan fingerprint density at radius 2 is 1.82 bits per heavy atom. The van der Waals surface area contributed by atoms with Gasteiger partial charge in [0, 0.05) is 0 Å². The van der Waals surface area contributed by atoms with Crippen molar-refractivity contribution < 1.29 is 0 Å². The van der Waals surface area contributed by atoms with Crippen molar-refractivity contribution in [2.75, 3.05) is 18.5 Å². The molecule has 98 valence electrons. The van der Waals surface area contributed by atoms with Crippen molar-refractivity contribution in [1.29, 1.82) is 0 Å². The molecule has 0 aliphatic rings. The van der Waals surface area contributed by atoms with E-state index in [0.717, 1.165) is 24.6 Å². The highest BCUT2D eigenvalue weighted by atomic mass is 32.1. The Morgan fingerprint density at radius 3 is 2.29 bits per heavy atom. The average Bonchev–Trinajstić information content (AvgIpc) is 2.80. The normalized spacial score (nSPS) is 11.1. The summed E-state index contributed by atoms with van der Waals surface area (Å²) < 4.78 is 0. The number of hydrogen-bond donors (Lipinski definition) is 2. The Bertz CT molecular complexity index is 294. The number of rotatable bonds is 9. The molecule has 5 nitrogen and oxygen atoms in total. The zero-order chi connectivity index (χ0) is 12.5. The minimum Gasteiger partial charge on any atom is -0.298 e. The third kappa shape index (κ3) is 5.43. The van der Waals surface area contributed by atoms with Gasteiger partial charge in [0.2, 0.25) is 5.13 Å². The minimum absolute atomic E-state index is 0.686. The first kappa shape index (κ1) is 14.3. The summed E-state index contributed by atoms with van der Waals surface area (Å²) in [5.41, 5.74) is 2.53. The van der Waals surface area contributed by atoms with Gasteiger partial charge in [-0.2, -0.15) is 0 Å². The van der Waals surface area contributed by atoms with Crippen molar-refractivity contribution >= 4 is 16.5 Å². The standard InChI is InChI=1S/C11H23N5S/c1-3-5-7-16(8-6-4-2)9-10-14-15-11(13-12)17-10/h3-9,12H2,1-2H3,(H,13,15). The molecule has 0 fully saturated rings. The van der Waals surface area contributed by atoms with Gasteiger partial charge in [-0.15, -0.1) is 10.2 Å². The predicted molar refractivity (Wildman–Crippen MR) is 72.8 cm³/mol. The average molecular weight is 257 g/mol. The van der Waals surface area contributed by atoms with Gasteiger partial charge in [-0.1, -0.05) is 38.0 Å². The number of nitrogens with zero attached hydrogens (tertiary/aromatic N) is 3. The first-order valence-electron chi connectivity index (χ1n) is 6.31. The van der Waals surface area contributed by atoms with Gasteiger partial charge >= 0.3 is 0 Å². The molecule has 1 aromatic rings. The van der Waals surface area contributed by atoms with Gasteiger partial charge in [0.05, 0.1) is 6.54 Å². The molecule has 0 aliphatic carbocycles. The fraction of sp³-hybridized carbons (Fsp3) is 0.818. The fourth-order valence-corrected chi connectivity index (χ4v) is 2.29. The Balaban J connectivity index is 2.45. The number of hydrogen-bond acceptors (Lipinski definition) is 6. The van der Waals surface area contributed by atoms with E-state index in [2.05, 4.69) is 34.4 Å². The SMILES string of the molecule is CCCCN(CCCC)Cc1nnc(NN)s1. The topological polar surface area (TPSA) is 67.1 Å². The number of hydrazine groups is 1. The second-order valence-electron chi connectivity index (χ2n) is 4.13. The van der Waals surface area contributed by atoms with Crippen LogP contribution in [0.15, 0.2) is 0 Å². The molecule has 0 saturated heterocycles. The Hall–Kier alpha value is -0.720. The zero-order valence-electron chi connectivity index (χ0n) is 10.8. The fourth-order valence-electron chi connectivity index (χ4n) is 1.60. The quantitative estimate of drug-likeness (QED) is 0.524. The molecule has 0 radical (unpaired) electrons. The number of nitrogens with two attached hydrogens (primary N) is 1. The smallest absolute Gasteiger partial charge is 0.219 e. The van der Waals surface area contributed by atoms with E-state index in [1.54, 1.807) is 0 Å². The molecule has 17 heavy (non-hydrogen) atoms. The van der Waals surface area contributed by atoms with Crippen LogP contribution in [0.5, 0.6) is 0 Å². The van der Waals surface area contributed by atoms with Crippen LogP contribution in [0.2, 0.25) is 0 Å². The summed E-state index contributed by atoms with van der Waals surface area (Å²) in [4.78, 5) is 2.45. The second-order valence-corrected chi connectivity index (χ2v) is 5.19. The lowest BCUT2D eigenvalue weighted by Gasteiger charge is -2.20. The van der Waals surface area contributed by atoms with Gasteiger partial charge in [0.25, 0.3) is 0 Å². The van der Waals surface area contributed by atoms with Crippen LogP contribution in [-0.4, -0.2) is 28.2 Å². The van der Waals surface area contributed by atoms with E-state index in [0.29, 0.717) is 5.13 Å². The second kappa shape index (κ2) is 8.38. The zero-order valence-corrected chi connectivity index (χ0v) is 11.6. The molecule has 0 bridgehead atoms. The van der Waals surface area contributed by atoms with Gasteiger partial charge in [-0.3, -0.25) is 10.3 Å². The highest BCUT2D eigenvalue weighted by Crippen LogP contribution is 2.16. The molecule has 3 N–H and O–H groups in total. The maximum atomic E-state index is 5.30. The molecule has 1 heterocycles. The van der Waals surface area contributed by atoms with E-state index in [1.807, 2.05) is 0 Å². The number of aromatic nitrogens is 2. The van der Waals surface area contributed by atoms with Crippen LogP contribution in [0.1, 0.15) is 44.5 Å². The number of nitrogen functional groups attached to an aromatic ring is 1. The van der Waals surface area contributed by atoms with Crippen LogP contribution in [0.3, 0.4) is 0 Å². The van der Waals surface area contributed by atoms with Crippen molar-refractivity contribution in [2.45, 2.75) is 46.1 Å². The van der Waals surface area contributed by atoms with Gasteiger partial charge in [0.1, 0.15) is 5.01 Å².